The summed E-state index contributed by atoms with van der Waals surface area (Å²) >= 11 is 0. The van der Waals surface area contributed by atoms with Crippen LogP contribution in [-0.2, 0) is 0 Å². The van der Waals surface area contributed by atoms with Crippen LogP contribution in [0.4, 0.5) is 4.39 Å². The molecule has 0 amide bonds. The maximum atomic E-state index is 14.2. The maximum Gasteiger partial charge on any atom is 0.185 e. The van der Waals surface area contributed by atoms with E-state index in [2.05, 4.69) is 26.5 Å². The zero-order chi connectivity index (χ0) is 18.2. The second-order valence-corrected chi connectivity index (χ2v) is 6.35. The van der Waals surface area contributed by atoms with Crippen LogP contribution in [0.25, 0.3) is 28.2 Å². The number of amidine groups is 1. The smallest absolute Gasteiger partial charge is 0.185 e. The molecule has 4 aromatic rings. The predicted molar refractivity (Wildman–Crippen MR) is 103 cm³/mol. The van der Waals surface area contributed by atoms with Crippen LogP contribution >= 0.6 is 0 Å². The molecule has 1 N–H and O–H groups in total. The van der Waals surface area contributed by atoms with Gasteiger partial charge in [0.25, 0.3) is 0 Å². The summed E-state index contributed by atoms with van der Waals surface area (Å²) in [6.07, 6.45) is 1.92. The Morgan fingerprint density at radius 3 is 2.52 bits per heavy atom. The van der Waals surface area contributed by atoms with E-state index in [1.165, 1.54) is 6.07 Å². The molecule has 0 unspecified atom stereocenters. The molecule has 2 aromatic carbocycles. The van der Waals surface area contributed by atoms with E-state index in [0.717, 1.165) is 35.6 Å². The summed E-state index contributed by atoms with van der Waals surface area (Å²) < 4.78 is 15.9. The zero-order valence-corrected chi connectivity index (χ0v) is 14.4. The molecule has 0 spiro atoms. The summed E-state index contributed by atoms with van der Waals surface area (Å²) in [5.41, 5.74) is 3.97. The molecule has 3 heterocycles. The van der Waals surface area contributed by atoms with Gasteiger partial charge in [-0.15, -0.1) is 5.10 Å². The molecule has 5 rings (SSSR count). The lowest BCUT2D eigenvalue weighted by molar-refractivity contribution is 0.630. The summed E-state index contributed by atoms with van der Waals surface area (Å²) in [5.74, 6) is 0.818. The Labute approximate surface area is 155 Å². The summed E-state index contributed by atoms with van der Waals surface area (Å²) in [4.78, 5) is 9.15. The number of hydrogen-bond donors (Lipinski definition) is 1. The van der Waals surface area contributed by atoms with Crippen molar-refractivity contribution in [1.82, 2.24) is 19.9 Å². The van der Waals surface area contributed by atoms with Gasteiger partial charge in [0, 0.05) is 18.3 Å². The van der Waals surface area contributed by atoms with Crippen LogP contribution in [0, 0.1) is 5.82 Å². The van der Waals surface area contributed by atoms with E-state index in [4.69, 9.17) is 0 Å². The molecular weight excluding hydrogens is 341 g/mol. The number of halogens is 1. The third kappa shape index (κ3) is 2.75. The number of aliphatic imine (C=N–C) groups is 1. The van der Waals surface area contributed by atoms with Crippen molar-refractivity contribution in [3.8, 4) is 22.5 Å². The van der Waals surface area contributed by atoms with Gasteiger partial charge in [-0.2, -0.15) is 0 Å². The molecule has 0 aliphatic carbocycles. The molecule has 27 heavy (non-hydrogen) atoms. The van der Waals surface area contributed by atoms with Crippen molar-refractivity contribution in [2.45, 2.75) is 0 Å². The largest absolute Gasteiger partial charge is 0.368 e. The number of benzene rings is 2. The Hall–Kier alpha value is -3.54. The van der Waals surface area contributed by atoms with E-state index in [9.17, 15) is 4.39 Å². The average Bonchev–Trinajstić information content (AvgIpc) is 3.38. The summed E-state index contributed by atoms with van der Waals surface area (Å²) in [7, 11) is 0. The van der Waals surface area contributed by atoms with Gasteiger partial charge in [-0.3, -0.25) is 4.99 Å². The monoisotopic (exact) mass is 357 g/mol. The van der Waals surface area contributed by atoms with Crippen LogP contribution < -0.4 is 5.32 Å². The topological polar surface area (TPSA) is 54.6 Å². The van der Waals surface area contributed by atoms with Crippen LogP contribution in [0.15, 0.2) is 71.9 Å². The zero-order valence-electron chi connectivity index (χ0n) is 14.4. The van der Waals surface area contributed by atoms with Crippen molar-refractivity contribution >= 4 is 11.5 Å². The Bertz CT molecular complexity index is 1160. The number of nitrogens with one attached hydrogen (secondary N) is 1. The van der Waals surface area contributed by atoms with Gasteiger partial charge in [0.2, 0.25) is 0 Å². The van der Waals surface area contributed by atoms with Gasteiger partial charge in [-0.05, 0) is 23.8 Å². The Balaban J connectivity index is 1.75. The number of fused-ring (bicyclic) bond motifs is 1. The van der Waals surface area contributed by atoms with E-state index < -0.39 is 0 Å². The second-order valence-electron chi connectivity index (χ2n) is 6.35. The Kier molecular flexibility index (Phi) is 3.67. The van der Waals surface area contributed by atoms with Gasteiger partial charge in [-0.1, -0.05) is 42.5 Å². The van der Waals surface area contributed by atoms with Crippen LogP contribution in [0.5, 0.6) is 0 Å². The van der Waals surface area contributed by atoms with Crippen molar-refractivity contribution < 1.29 is 4.39 Å². The Morgan fingerprint density at radius 1 is 0.926 bits per heavy atom. The first-order valence-electron chi connectivity index (χ1n) is 8.79. The molecule has 5 nitrogen and oxygen atoms in total. The van der Waals surface area contributed by atoms with E-state index in [1.54, 1.807) is 22.7 Å². The van der Waals surface area contributed by atoms with Crippen LogP contribution in [0.1, 0.15) is 5.56 Å². The fraction of sp³-hybridized carbons (Fsp3) is 0.0952. The molecule has 1 aliphatic heterocycles. The van der Waals surface area contributed by atoms with E-state index in [0.29, 0.717) is 17.0 Å². The molecule has 0 saturated heterocycles. The quantitative estimate of drug-likeness (QED) is 0.610. The summed E-state index contributed by atoms with van der Waals surface area (Å²) in [6.45, 7) is 1.52. The van der Waals surface area contributed by atoms with Gasteiger partial charge in [0.15, 0.2) is 11.5 Å². The lowest BCUT2D eigenvalue weighted by Crippen LogP contribution is -2.20. The number of hydrogen-bond acceptors (Lipinski definition) is 4. The SMILES string of the molecule is Fc1ccccc1-c1nc2c(C3=NCCN3)cc(-c3ccccc3)cn2n1. The first-order valence-corrected chi connectivity index (χ1v) is 8.79. The van der Waals surface area contributed by atoms with Gasteiger partial charge in [-0.25, -0.2) is 13.9 Å². The normalized spacial score (nSPS) is 13.6. The van der Waals surface area contributed by atoms with Crippen LogP contribution in [0.2, 0.25) is 0 Å². The number of nitrogens with zero attached hydrogens (tertiary/aromatic N) is 4. The molecule has 0 saturated carbocycles. The standard InChI is InChI=1S/C21H16FN5/c22-18-9-5-4-8-16(18)20-25-21-17(19-23-10-11-24-19)12-15(13-27(21)26-20)14-6-2-1-3-7-14/h1-9,12-13H,10-11H2,(H,23,24). The van der Waals surface area contributed by atoms with Crippen molar-refractivity contribution in [3.05, 3.63) is 78.2 Å². The minimum atomic E-state index is -0.338. The van der Waals surface area contributed by atoms with Gasteiger partial charge >= 0.3 is 0 Å². The first kappa shape index (κ1) is 15.7. The molecular formula is C21H16FN5. The molecule has 2 aromatic heterocycles. The third-order valence-corrected chi connectivity index (χ3v) is 4.58. The minimum Gasteiger partial charge on any atom is -0.368 e. The van der Waals surface area contributed by atoms with Crippen molar-refractivity contribution in [3.63, 3.8) is 0 Å². The van der Waals surface area contributed by atoms with Crippen LogP contribution in [-0.4, -0.2) is 33.5 Å². The van der Waals surface area contributed by atoms with Crippen molar-refractivity contribution in [2.24, 2.45) is 4.99 Å². The van der Waals surface area contributed by atoms with Gasteiger partial charge in [0.05, 0.1) is 17.7 Å². The molecule has 132 valence electrons. The lowest BCUT2D eigenvalue weighted by Gasteiger charge is -2.08. The second kappa shape index (κ2) is 6.32. The van der Waals surface area contributed by atoms with Gasteiger partial charge < -0.3 is 5.32 Å². The molecule has 6 heteroatoms. The van der Waals surface area contributed by atoms with Crippen molar-refractivity contribution in [2.75, 3.05) is 13.1 Å². The molecule has 0 atom stereocenters. The minimum absolute atomic E-state index is 0.338. The van der Waals surface area contributed by atoms with Crippen LogP contribution in [0.3, 0.4) is 0 Å². The molecule has 0 bridgehead atoms. The Morgan fingerprint density at radius 2 is 1.74 bits per heavy atom. The molecule has 1 aliphatic rings. The highest BCUT2D eigenvalue weighted by atomic mass is 19.1. The number of rotatable bonds is 3. The number of aromatic nitrogens is 3. The highest BCUT2D eigenvalue weighted by Gasteiger charge is 2.19. The summed E-state index contributed by atoms with van der Waals surface area (Å²) in [5, 5.41) is 7.84. The van der Waals surface area contributed by atoms with E-state index in [-0.39, 0.29) is 5.82 Å². The van der Waals surface area contributed by atoms with E-state index in [1.807, 2.05) is 36.5 Å². The fourth-order valence-corrected chi connectivity index (χ4v) is 3.28. The highest BCUT2D eigenvalue weighted by Crippen LogP contribution is 2.26. The average molecular weight is 357 g/mol. The maximum absolute atomic E-state index is 14.2. The van der Waals surface area contributed by atoms with Crippen molar-refractivity contribution in [1.29, 1.82) is 0 Å². The highest BCUT2D eigenvalue weighted by molar-refractivity contribution is 6.05. The lowest BCUT2D eigenvalue weighted by atomic mass is 10.1. The third-order valence-electron chi connectivity index (χ3n) is 4.58. The fourth-order valence-electron chi connectivity index (χ4n) is 3.28. The number of pyridine rings is 1. The molecule has 0 fully saturated rings. The predicted octanol–water partition coefficient (Wildman–Crippen LogP) is 3.55. The van der Waals surface area contributed by atoms with E-state index >= 15 is 0 Å². The first-order chi connectivity index (χ1) is 13.3. The molecule has 0 radical (unpaired) electrons. The van der Waals surface area contributed by atoms with Gasteiger partial charge in [0.1, 0.15) is 11.7 Å². The summed E-state index contributed by atoms with van der Waals surface area (Å²) in [6, 6.07) is 18.7.